The van der Waals surface area contributed by atoms with Crippen molar-refractivity contribution in [3.63, 3.8) is 0 Å². The van der Waals surface area contributed by atoms with Crippen LogP contribution in [0.2, 0.25) is 0 Å². The number of amides is 2. The molecule has 0 spiro atoms. The fraction of sp³-hybridized carbons (Fsp3) is 0.267. The minimum absolute atomic E-state index is 0.0699. The van der Waals surface area contributed by atoms with Crippen molar-refractivity contribution in [2.45, 2.75) is 13.0 Å². The molecule has 0 N–H and O–H groups in total. The van der Waals surface area contributed by atoms with E-state index in [-0.39, 0.29) is 37.5 Å². The molecule has 0 atom stereocenters. The summed E-state index contributed by atoms with van der Waals surface area (Å²) in [5, 5.41) is 8.86. The number of carbonyl (C=O) groups is 2. The number of fused-ring (bicyclic) bond motifs is 1. The van der Waals surface area contributed by atoms with Gasteiger partial charge in [0.2, 0.25) is 12.7 Å². The van der Waals surface area contributed by atoms with Gasteiger partial charge in [0.05, 0.1) is 12.0 Å². The molecule has 0 unspecified atom stereocenters. The van der Waals surface area contributed by atoms with Crippen molar-refractivity contribution in [3.05, 3.63) is 90.4 Å². The lowest BCUT2D eigenvalue weighted by Crippen LogP contribution is -2.44. The van der Waals surface area contributed by atoms with Crippen LogP contribution in [0.1, 0.15) is 22.5 Å². The first-order chi connectivity index (χ1) is 19.6. The van der Waals surface area contributed by atoms with Gasteiger partial charge in [-0.05, 0) is 48.4 Å². The topological polar surface area (TPSA) is 101 Å². The van der Waals surface area contributed by atoms with Crippen LogP contribution in [0.4, 0.5) is 5.82 Å². The Bertz CT molecular complexity index is 1460. The molecule has 2 aromatic carbocycles. The molecule has 0 radical (unpaired) electrons. The summed E-state index contributed by atoms with van der Waals surface area (Å²) in [4.78, 5) is 32.2. The summed E-state index contributed by atoms with van der Waals surface area (Å²) in [5.74, 6) is 1.80. The monoisotopic (exact) mass is 539 g/mol. The van der Waals surface area contributed by atoms with E-state index in [4.69, 9.17) is 13.9 Å². The molecular formula is C30H29N5O5. The third kappa shape index (κ3) is 5.61. The molecule has 4 heterocycles. The molecule has 204 valence electrons. The number of anilines is 1. The van der Waals surface area contributed by atoms with Crippen molar-refractivity contribution in [1.29, 1.82) is 0 Å². The maximum Gasteiger partial charge on any atom is 0.290 e. The van der Waals surface area contributed by atoms with Gasteiger partial charge in [-0.1, -0.05) is 36.4 Å². The molecule has 0 saturated carbocycles. The molecule has 2 aliphatic rings. The molecule has 6 rings (SSSR count). The van der Waals surface area contributed by atoms with E-state index in [1.807, 2.05) is 65.6 Å². The van der Waals surface area contributed by atoms with Crippen LogP contribution in [-0.2, 0) is 11.3 Å². The maximum atomic E-state index is 13.5. The Balaban J connectivity index is 1.12. The summed E-state index contributed by atoms with van der Waals surface area (Å²) >= 11 is 0. The minimum Gasteiger partial charge on any atom is -0.459 e. The Morgan fingerprint density at radius 1 is 0.850 bits per heavy atom. The van der Waals surface area contributed by atoms with Gasteiger partial charge < -0.3 is 28.6 Å². The van der Waals surface area contributed by atoms with Crippen LogP contribution in [-0.4, -0.2) is 71.3 Å². The van der Waals surface area contributed by atoms with Crippen molar-refractivity contribution in [2.75, 3.05) is 44.4 Å². The van der Waals surface area contributed by atoms with Crippen molar-refractivity contribution in [3.8, 4) is 22.8 Å². The second-order valence-electron chi connectivity index (χ2n) is 9.69. The zero-order chi connectivity index (χ0) is 27.3. The molecule has 2 aliphatic heterocycles. The third-order valence-corrected chi connectivity index (χ3v) is 7.05. The molecule has 10 nitrogen and oxygen atoms in total. The average Bonchev–Trinajstić information content (AvgIpc) is 3.64. The first kappa shape index (κ1) is 25.4. The molecule has 2 amide bonds. The summed E-state index contributed by atoms with van der Waals surface area (Å²) in [6.45, 7) is 2.83. The number of ether oxygens (including phenoxy) is 2. The Hall–Kier alpha value is -4.86. The number of furan rings is 1. The van der Waals surface area contributed by atoms with Crippen LogP contribution < -0.4 is 14.4 Å². The summed E-state index contributed by atoms with van der Waals surface area (Å²) in [7, 11) is 0. The Morgan fingerprint density at radius 2 is 1.73 bits per heavy atom. The van der Waals surface area contributed by atoms with Crippen molar-refractivity contribution in [2.24, 2.45) is 0 Å². The molecule has 4 aromatic rings. The number of benzene rings is 2. The van der Waals surface area contributed by atoms with Crippen molar-refractivity contribution >= 4 is 17.6 Å². The molecule has 10 heteroatoms. The summed E-state index contributed by atoms with van der Waals surface area (Å²) in [5.41, 5.74) is 2.67. The van der Waals surface area contributed by atoms with Crippen molar-refractivity contribution in [1.82, 2.24) is 20.0 Å². The van der Waals surface area contributed by atoms with Gasteiger partial charge in [0.15, 0.2) is 23.1 Å². The van der Waals surface area contributed by atoms with E-state index >= 15 is 0 Å². The smallest absolute Gasteiger partial charge is 0.290 e. The van der Waals surface area contributed by atoms with Gasteiger partial charge in [0.1, 0.15) is 6.54 Å². The second kappa shape index (κ2) is 11.5. The zero-order valence-corrected chi connectivity index (χ0v) is 21.9. The van der Waals surface area contributed by atoms with Gasteiger partial charge >= 0.3 is 0 Å². The van der Waals surface area contributed by atoms with Gasteiger partial charge in [-0.3, -0.25) is 9.59 Å². The molecule has 1 saturated heterocycles. The van der Waals surface area contributed by atoms with E-state index in [0.29, 0.717) is 31.1 Å². The number of aromatic nitrogens is 2. The van der Waals surface area contributed by atoms with E-state index < -0.39 is 0 Å². The largest absolute Gasteiger partial charge is 0.459 e. The fourth-order valence-corrected chi connectivity index (χ4v) is 4.93. The zero-order valence-electron chi connectivity index (χ0n) is 21.9. The lowest BCUT2D eigenvalue weighted by atomic mass is 10.1. The van der Waals surface area contributed by atoms with E-state index in [1.54, 1.807) is 12.1 Å². The first-order valence-electron chi connectivity index (χ1n) is 13.3. The highest BCUT2D eigenvalue weighted by Crippen LogP contribution is 2.33. The van der Waals surface area contributed by atoms with Crippen LogP contribution in [0.25, 0.3) is 11.3 Å². The van der Waals surface area contributed by atoms with E-state index in [2.05, 4.69) is 15.1 Å². The fourth-order valence-electron chi connectivity index (χ4n) is 4.93. The molecule has 2 aromatic heterocycles. The standard InChI is InChI=1S/C30H29N5O5/c36-29(20-35(30(37)26-8-4-17-38-26)19-22-9-11-25-27(18-22)40-21-39-25)34-14-5-13-33(15-16-34)28-12-10-24(31-32-28)23-6-2-1-3-7-23/h1-4,6-12,17-18H,5,13-16,19-21H2. The Morgan fingerprint density at radius 3 is 2.52 bits per heavy atom. The molecule has 40 heavy (non-hydrogen) atoms. The lowest BCUT2D eigenvalue weighted by Gasteiger charge is -2.27. The number of hydrogen-bond donors (Lipinski definition) is 0. The predicted molar refractivity (Wildman–Crippen MR) is 147 cm³/mol. The Kier molecular flexibility index (Phi) is 7.30. The van der Waals surface area contributed by atoms with Crippen LogP contribution >= 0.6 is 0 Å². The SMILES string of the molecule is O=C(CN(Cc1ccc2c(c1)OCO2)C(=O)c1ccco1)N1CCCN(c2ccc(-c3ccccc3)nn2)CC1. The first-order valence-corrected chi connectivity index (χ1v) is 13.3. The van der Waals surface area contributed by atoms with Gasteiger partial charge in [-0.2, -0.15) is 0 Å². The number of nitrogens with zero attached hydrogens (tertiary/aromatic N) is 5. The number of carbonyl (C=O) groups excluding carboxylic acids is 2. The van der Waals surface area contributed by atoms with Crippen LogP contribution in [0, 0.1) is 0 Å². The summed E-state index contributed by atoms with van der Waals surface area (Å²) in [6, 6.07) is 22.7. The number of hydrogen-bond acceptors (Lipinski definition) is 8. The normalized spacial score (nSPS) is 14.6. The van der Waals surface area contributed by atoms with Gasteiger partial charge in [-0.15, -0.1) is 10.2 Å². The quantitative estimate of drug-likeness (QED) is 0.349. The third-order valence-electron chi connectivity index (χ3n) is 7.05. The highest BCUT2D eigenvalue weighted by molar-refractivity contribution is 5.94. The molecule has 0 bridgehead atoms. The van der Waals surface area contributed by atoms with Gasteiger partial charge in [0.25, 0.3) is 5.91 Å². The highest BCUT2D eigenvalue weighted by Gasteiger charge is 2.26. The number of rotatable bonds is 7. The minimum atomic E-state index is -0.346. The maximum absolute atomic E-state index is 13.5. The lowest BCUT2D eigenvalue weighted by molar-refractivity contribution is -0.131. The molecular weight excluding hydrogens is 510 g/mol. The van der Waals surface area contributed by atoms with Crippen LogP contribution in [0.15, 0.2) is 83.5 Å². The van der Waals surface area contributed by atoms with E-state index in [9.17, 15) is 9.59 Å². The Labute approximate surface area is 231 Å². The van der Waals surface area contributed by atoms with Crippen molar-refractivity contribution < 1.29 is 23.5 Å². The second-order valence-corrected chi connectivity index (χ2v) is 9.69. The van der Waals surface area contributed by atoms with Crippen LogP contribution in [0.5, 0.6) is 11.5 Å². The van der Waals surface area contributed by atoms with Gasteiger partial charge in [-0.25, -0.2) is 0 Å². The molecule has 0 aliphatic carbocycles. The van der Waals surface area contributed by atoms with Crippen LogP contribution in [0.3, 0.4) is 0 Å². The van der Waals surface area contributed by atoms with E-state index in [1.165, 1.54) is 11.2 Å². The summed E-state index contributed by atoms with van der Waals surface area (Å²) in [6.07, 6.45) is 2.23. The average molecular weight is 540 g/mol. The molecule has 1 fully saturated rings. The summed E-state index contributed by atoms with van der Waals surface area (Å²) < 4.78 is 16.2. The predicted octanol–water partition coefficient (Wildman–Crippen LogP) is 3.85. The van der Waals surface area contributed by atoms with Gasteiger partial charge in [0, 0.05) is 38.3 Å². The highest BCUT2D eigenvalue weighted by atomic mass is 16.7. The van der Waals surface area contributed by atoms with E-state index in [0.717, 1.165) is 35.6 Å².